The van der Waals surface area contributed by atoms with E-state index in [2.05, 4.69) is 32.2 Å². The number of nitrogens with zero attached hydrogens (tertiary/aromatic N) is 5. The van der Waals surface area contributed by atoms with E-state index in [0.717, 1.165) is 30.2 Å². The van der Waals surface area contributed by atoms with Crippen LogP contribution in [-0.4, -0.2) is 51.5 Å². The molecule has 0 bridgehead atoms. The van der Waals surface area contributed by atoms with Crippen LogP contribution in [0.3, 0.4) is 0 Å². The molecule has 3 aromatic rings. The summed E-state index contributed by atoms with van der Waals surface area (Å²) in [4.78, 5) is 23.9. The number of carbonyl (C=O) groups is 1. The first-order valence-electron chi connectivity index (χ1n) is 10.2. The first-order valence-corrected chi connectivity index (χ1v) is 10.2. The number of rotatable bonds is 6. The molecular formula is C22H26N6O2. The zero-order chi connectivity index (χ0) is 20.9. The van der Waals surface area contributed by atoms with Gasteiger partial charge in [0.05, 0.1) is 30.2 Å². The maximum absolute atomic E-state index is 12.8. The van der Waals surface area contributed by atoms with Gasteiger partial charge in [0.1, 0.15) is 5.82 Å². The highest BCUT2D eigenvalue weighted by Gasteiger charge is 2.19. The molecule has 0 saturated carbocycles. The monoisotopic (exact) mass is 406 g/mol. The summed E-state index contributed by atoms with van der Waals surface area (Å²) < 4.78 is 7.30. The molecule has 1 aliphatic heterocycles. The van der Waals surface area contributed by atoms with Crippen molar-refractivity contribution in [1.29, 1.82) is 0 Å². The summed E-state index contributed by atoms with van der Waals surface area (Å²) in [6.07, 6.45) is 6.01. The van der Waals surface area contributed by atoms with Gasteiger partial charge in [0.25, 0.3) is 5.91 Å². The standard InChI is InChI=1S/C22H26N6O2/c1-3-19-18(14-26-28(19)21-6-4-5-9-23-21)22(29)25-13-17-7-8-20(24-12-17)27-10-11-30-16(2)15-27/h4-9,12,14,16H,3,10-11,13,15H2,1-2H3,(H,25,29). The number of amides is 1. The van der Waals surface area contributed by atoms with Crippen LogP contribution in [0.2, 0.25) is 0 Å². The van der Waals surface area contributed by atoms with Crippen molar-refractivity contribution in [1.82, 2.24) is 25.1 Å². The van der Waals surface area contributed by atoms with Crippen LogP contribution in [-0.2, 0) is 17.7 Å². The molecule has 1 saturated heterocycles. The summed E-state index contributed by atoms with van der Waals surface area (Å²) in [5, 5.41) is 7.34. The van der Waals surface area contributed by atoms with E-state index >= 15 is 0 Å². The van der Waals surface area contributed by atoms with Crippen LogP contribution in [0.1, 0.15) is 35.5 Å². The molecule has 1 amide bonds. The Morgan fingerprint density at radius 1 is 1.20 bits per heavy atom. The fourth-order valence-corrected chi connectivity index (χ4v) is 3.59. The molecule has 1 fully saturated rings. The van der Waals surface area contributed by atoms with Gasteiger partial charge in [-0.15, -0.1) is 0 Å². The number of carbonyl (C=O) groups excluding carboxylic acids is 1. The van der Waals surface area contributed by atoms with Crippen LogP contribution in [0, 0.1) is 0 Å². The topological polar surface area (TPSA) is 85.2 Å². The Morgan fingerprint density at radius 2 is 2.10 bits per heavy atom. The maximum atomic E-state index is 12.8. The van der Waals surface area contributed by atoms with Crippen molar-refractivity contribution < 1.29 is 9.53 Å². The van der Waals surface area contributed by atoms with Crippen molar-refractivity contribution in [3.63, 3.8) is 0 Å². The lowest BCUT2D eigenvalue weighted by molar-refractivity contribution is 0.0529. The zero-order valence-corrected chi connectivity index (χ0v) is 17.3. The Morgan fingerprint density at radius 3 is 2.80 bits per heavy atom. The number of morpholine rings is 1. The molecule has 0 radical (unpaired) electrons. The molecule has 0 aromatic carbocycles. The van der Waals surface area contributed by atoms with Crippen LogP contribution < -0.4 is 10.2 Å². The van der Waals surface area contributed by atoms with Gasteiger partial charge < -0.3 is 15.0 Å². The SMILES string of the molecule is CCc1c(C(=O)NCc2ccc(N3CCOC(C)C3)nc2)cnn1-c1ccccn1. The summed E-state index contributed by atoms with van der Waals surface area (Å²) >= 11 is 0. The van der Waals surface area contributed by atoms with E-state index in [9.17, 15) is 4.79 Å². The lowest BCUT2D eigenvalue weighted by atomic mass is 10.2. The molecule has 8 nitrogen and oxygen atoms in total. The Kier molecular flexibility index (Phi) is 6.04. The lowest BCUT2D eigenvalue weighted by Crippen LogP contribution is -2.41. The lowest BCUT2D eigenvalue weighted by Gasteiger charge is -2.32. The van der Waals surface area contributed by atoms with Gasteiger partial charge in [-0.2, -0.15) is 5.10 Å². The third-order valence-corrected chi connectivity index (χ3v) is 5.14. The zero-order valence-electron chi connectivity index (χ0n) is 17.3. The summed E-state index contributed by atoms with van der Waals surface area (Å²) in [5.74, 6) is 1.48. The minimum atomic E-state index is -0.153. The summed E-state index contributed by atoms with van der Waals surface area (Å²) in [7, 11) is 0. The molecule has 0 aliphatic carbocycles. The van der Waals surface area contributed by atoms with Crippen LogP contribution in [0.25, 0.3) is 5.82 Å². The maximum Gasteiger partial charge on any atom is 0.255 e. The Labute approximate surface area is 175 Å². The average Bonchev–Trinajstić information content (AvgIpc) is 3.23. The van der Waals surface area contributed by atoms with E-state index in [1.54, 1.807) is 17.1 Å². The smallest absolute Gasteiger partial charge is 0.255 e. The number of nitrogens with one attached hydrogen (secondary N) is 1. The third kappa shape index (κ3) is 4.33. The number of pyridine rings is 2. The highest BCUT2D eigenvalue weighted by molar-refractivity contribution is 5.95. The number of aromatic nitrogens is 4. The van der Waals surface area contributed by atoms with Gasteiger partial charge in [-0.25, -0.2) is 14.6 Å². The molecule has 1 aliphatic rings. The van der Waals surface area contributed by atoms with E-state index in [1.165, 1.54) is 0 Å². The summed E-state index contributed by atoms with van der Waals surface area (Å²) in [6, 6.07) is 9.62. The Balaban J connectivity index is 1.41. The number of hydrogen-bond donors (Lipinski definition) is 1. The molecule has 156 valence electrons. The predicted molar refractivity (Wildman–Crippen MR) is 114 cm³/mol. The number of hydrogen-bond acceptors (Lipinski definition) is 6. The highest BCUT2D eigenvalue weighted by Crippen LogP contribution is 2.16. The Hall–Kier alpha value is -3.26. The fourth-order valence-electron chi connectivity index (χ4n) is 3.59. The first-order chi connectivity index (χ1) is 14.7. The van der Waals surface area contributed by atoms with Crippen LogP contribution in [0.15, 0.2) is 48.9 Å². The largest absolute Gasteiger partial charge is 0.375 e. The van der Waals surface area contributed by atoms with Crippen molar-refractivity contribution in [2.75, 3.05) is 24.6 Å². The van der Waals surface area contributed by atoms with Gasteiger partial charge in [0.15, 0.2) is 5.82 Å². The quantitative estimate of drug-likeness (QED) is 0.677. The summed E-state index contributed by atoms with van der Waals surface area (Å²) in [6.45, 7) is 6.87. The van der Waals surface area contributed by atoms with Gasteiger partial charge in [0, 0.05) is 32.0 Å². The van der Waals surface area contributed by atoms with Gasteiger partial charge in [-0.05, 0) is 37.1 Å². The second kappa shape index (κ2) is 9.04. The third-order valence-electron chi connectivity index (χ3n) is 5.14. The molecule has 1 atom stereocenters. The van der Waals surface area contributed by atoms with Crippen molar-refractivity contribution in [2.45, 2.75) is 32.9 Å². The fraction of sp³-hybridized carbons (Fsp3) is 0.364. The van der Waals surface area contributed by atoms with Crippen molar-refractivity contribution in [2.24, 2.45) is 0 Å². The van der Waals surface area contributed by atoms with Crippen LogP contribution >= 0.6 is 0 Å². The highest BCUT2D eigenvalue weighted by atomic mass is 16.5. The van der Waals surface area contributed by atoms with Crippen molar-refractivity contribution >= 4 is 11.7 Å². The van der Waals surface area contributed by atoms with E-state index < -0.39 is 0 Å². The van der Waals surface area contributed by atoms with Crippen LogP contribution in [0.5, 0.6) is 0 Å². The average molecular weight is 406 g/mol. The van der Waals surface area contributed by atoms with E-state index in [4.69, 9.17) is 4.74 Å². The molecule has 1 N–H and O–H groups in total. The van der Waals surface area contributed by atoms with Gasteiger partial charge in [0.2, 0.25) is 0 Å². The van der Waals surface area contributed by atoms with Gasteiger partial charge in [-0.1, -0.05) is 19.1 Å². The second-order valence-corrected chi connectivity index (χ2v) is 7.29. The van der Waals surface area contributed by atoms with Gasteiger partial charge >= 0.3 is 0 Å². The molecule has 8 heteroatoms. The summed E-state index contributed by atoms with van der Waals surface area (Å²) in [5.41, 5.74) is 2.35. The number of ether oxygens (including phenoxy) is 1. The van der Waals surface area contributed by atoms with Gasteiger partial charge in [-0.3, -0.25) is 4.79 Å². The van der Waals surface area contributed by atoms with Crippen molar-refractivity contribution in [3.05, 3.63) is 65.7 Å². The minimum Gasteiger partial charge on any atom is -0.375 e. The first kappa shape index (κ1) is 20.0. The predicted octanol–water partition coefficient (Wildman–Crippen LogP) is 2.38. The molecule has 1 unspecified atom stereocenters. The van der Waals surface area contributed by atoms with Crippen LogP contribution in [0.4, 0.5) is 5.82 Å². The molecule has 30 heavy (non-hydrogen) atoms. The molecule has 0 spiro atoms. The van der Waals surface area contributed by atoms with E-state index in [-0.39, 0.29) is 12.0 Å². The minimum absolute atomic E-state index is 0.153. The molecule has 4 rings (SSSR count). The van der Waals surface area contributed by atoms with Crippen molar-refractivity contribution in [3.8, 4) is 5.82 Å². The van der Waals surface area contributed by atoms with E-state index in [0.29, 0.717) is 31.0 Å². The Bertz CT molecular complexity index is 987. The molecule has 4 heterocycles. The second-order valence-electron chi connectivity index (χ2n) is 7.29. The molecule has 3 aromatic heterocycles. The van der Waals surface area contributed by atoms with E-state index in [1.807, 2.05) is 43.5 Å². The molecular weight excluding hydrogens is 380 g/mol. The number of anilines is 1. The normalized spacial score (nSPS) is 16.5.